The van der Waals surface area contributed by atoms with E-state index in [9.17, 15) is 14.9 Å². The summed E-state index contributed by atoms with van der Waals surface area (Å²) in [6, 6.07) is 4.83. The minimum absolute atomic E-state index is 0.0422. The molecule has 1 aromatic carbocycles. The summed E-state index contributed by atoms with van der Waals surface area (Å²) in [7, 11) is 0. The number of anilines is 1. The molecule has 1 amide bonds. The van der Waals surface area contributed by atoms with Crippen molar-refractivity contribution < 1.29 is 14.5 Å². The Hall–Kier alpha value is -1.67. The molecule has 8 heteroatoms. The Morgan fingerprint density at radius 3 is 2.38 bits per heavy atom. The minimum atomic E-state index is -0.399. The lowest BCUT2D eigenvalue weighted by molar-refractivity contribution is -0.384. The van der Waals surface area contributed by atoms with Crippen LogP contribution in [0.1, 0.15) is 26.7 Å². The first-order valence-corrected chi connectivity index (χ1v) is 9.77. The molecule has 2 saturated heterocycles. The highest BCUT2D eigenvalue weighted by Crippen LogP contribution is 2.33. The number of benzene rings is 1. The molecule has 0 aliphatic carbocycles. The third-order valence-electron chi connectivity index (χ3n) is 5.06. The number of piperidine rings is 1. The molecule has 2 atom stereocenters. The Morgan fingerprint density at radius 2 is 1.85 bits per heavy atom. The second-order valence-corrected chi connectivity index (χ2v) is 8.01. The highest BCUT2D eigenvalue weighted by Gasteiger charge is 2.33. The summed E-state index contributed by atoms with van der Waals surface area (Å²) in [5, 5.41) is 10.9. The lowest BCUT2D eigenvalue weighted by atomic mass is 9.94. The number of morpholine rings is 1. The second-order valence-electron chi connectivity index (χ2n) is 7.15. The van der Waals surface area contributed by atoms with Gasteiger partial charge < -0.3 is 14.5 Å². The van der Waals surface area contributed by atoms with Gasteiger partial charge in [-0.1, -0.05) is 0 Å². The summed E-state index contributed by atoms with van der Waals surface area (Å²) >= 11 is 3.44. The van der Waals surface area contributed by atoms with E-state index in [2.05, 4.69) is 20.8 Å². The number of carbonyl (C=O) groups is 1. The van der Waals surface area contributed by atoms with Gasteiger partial charge in [0.2, 0.25) is 5.91 Å². The molecule has 0 spiro atoms. The van der Waals surface area contributed by atoms with E-state index in [0.29, 0.717) is 17.6 Å². The molecule has 7 nitrogen and oxygen atoms in total. The maximum atomic E-state index is 12.8. The minimum Gasteiger partial charge on any atom is -0.372 e. The number of non-ortho nitro benzene ring substituents is 1. The predicted molar refractivity (Wildman–Crippen MR) is 102 cm³/mol. The smallest absolute Gasteiger partial charge is 0.270 e. The van der Waals surface area contributed by atoms with E-state index in [-0.39, 0.29) is 29.7 Å². The van der Waals surface area contributed by atoms with Crippen molar-refractivity contribution in [3.05, 3.63) is 32.8 Å². The molecule has 2 aliphatic rings. The molecule has 3 rings (SSSR count). The third-order valence-corrected chi connectivity index (χ3v) is 5.69. The van der Waals surface area contributed by atoms with Crippen molar-refractivity contribution in [1.29, 1.82) is 0 Å². The van der Waals surface area contributed by atoms with Crippen molar-refractivity contribution in [2.75, 3.05) is 31.1 Å². The number of carbonyl (C=O) groups excluding carboxylic acids is 1. The van der Waals surface area contributed by atoms with Crippen LogP contribution in [0.4, 0.5) is 11.4 Å². The van der Waals surface area contributed by atoms with Gasteiger partial charge >= 0.3 is 0 Å². The van der Waals surface area contributed by atoms with E-state index in [1.807, 2.05) is 18.7 Å². The summed E-state index contributed by atoms with van der Waals surface area (Å²) < 4.78 is 6.43. The molecule has 26 heavy (non-hydrogen) atoms. The molecule has 0 radical (unpaired) electrons. The van der Waals surface area contributed by atoms with Crippen LogP contribution in [-0.4, -0.2) is 54.1 Å². The normalized spacial score (nSPS) is 24.6. The molecule has 1 aromatic rings. The monoisotopic (exact) mass is 425 g/mol. The van der Waals surface area contributed by atoms with Crippen LogP contribution in [0.15, 0.2) is 22.7 Å². The number of nitrogens with zero attached hydrogens (tertiary/aromatic N) is 3. The summed E-state index contributed by atoms with van der Waals surface area (Å²) in [5.41, 5.74) is 1.01. The predicted octanol–water partition coefficient (Wildman–Crippen LogP) is 3.21. The molecule has 0 bridgehead atoms. The Labute approximate surface area is 161 Å². The van der Waals surface area contributed by atoms with Crippen LogP contribution in [0.2, 0.25) is 0 Å². The van der Waals surface area contributed by atoms with E-state index in [1.165, 1.54) is 12.1 Å². The average molecular weight is 426 g/mol. The molecule has 2 fully saturated rings. The number of hydrogen-bond acceptors (Lipinski definition) is 5. The van der Waals surface area contributed by atoms with Gasteiger partial charge in [-0.05, 0) is 48.7 Å². The van der Waals surface area contributed by atoms with Crippen molar-refractivity contribution in [2.24, 2.45) is 5.92 Å². The Bertz CT molecular complexity index is 681. The van der Waals surface area contributed by atoms with Gasteiger partial charge in [0.05, 0.1) is 22.8 Å². The zero-order chi connectivity index (χ0) is 18.8. The molecule has 2 aliphatic heterocycles. The zero-order valence-corrected chi connectivity index (χ0v) is 16.6. The molecule has 0 aromatic heterocycles. The SMILES string of the molecule is CC1CN(C(=O)C2CCN(c3ccc([N+](=O)[O-])cc3Br)CC2)CC(C)O1. The molecule has 0 saturated carbocycles. The van der Waals surface area contributed by atoms with E-state index in [1.54, 1.807) is 6.07 Å². The fraction of sp³-hybridized carbons (Fsp3) is 0.611. The summed E-state index contributed by atoms with van der Waals surface area (Å²) in [4.78, 5) is 27.4. The van der Waals surface area contributed by atoms with Crippen molar-refractivity contribution in [3.8, 4) is 0 Å². The van der Waals surface area contributed by atoms with Gasteiger partial charge in [-0.15, -0.1) is 0 Å². The third kappa shape index (κ3) is 4.17. The van der Waals surface area contributed by atoms with Gasteiger partial charge in [0.25, 0.3) is 5.69 Å². The lowest BCUT2D eigenvalue weighted by Crippen LogP contribution is -2.51. The lowest BCUT2D eigenvalue weighted by Gasteiger charge is -2.39. The van der Waals surface area contributed by atoms with Crippen LogP contribution < -0.4 is 4.90 Å². The van der Waals surface area contributed by atoms with Crippen molar-refractivity contribution in [2.45, 2.75) is 38.9 Å². The number of halogens is 1. The number of rotatable bonds is 3. The van der Waals surface area contributed by atoms with Crippen LogP contribution in [0.3, 0.4) is 0 Å². The van der Waals surface area contributed by atoms with Gasteiger partial charge in [0.15, 0.2) is 0 Å². The first-order chi connectivity index (χ1) is 12.3. The standard InChI is InChI=1S/C18H24BrN3O4/c1-12-10-21(11-13(2)26-12)18(23)14-5-7-20(8-6-14)17-4-3-15(22(24)25)9-16(17)19/h3-4,9,12-14H,5-8,10-11H2,1-2H3. The maximum absolute atomic E-state index is 12.8. The van der Waals surface area contributed by atoms with Crippen LogP contribution in [0.25, 0.3) is 0 Å². The van der Waals surface area contributed by atoms with Gasteiger partial charge in [0.1, 0.15) is 0 Å². The van der Waals surface area contributed by atoms with Gasteiger partial charge in [-0.3, -0.25) is 14.9 Å². The zero-order valence-electron chi connectivity index (χ0n) is 15.1. The Morgan fingerprint density at radius 1 is 1.23 bits per heavy atom. The van der Waals surface area contributed by atoms with Crippen LogP contribution >= 0.6 is 15.9 Å². The average Bonchev–Trinajstić information content (AvgIpc) is 2.60. The van der Waals surface area contributed by atoms with Crippen LogP contribution in [0.5, 0.6) is 0 Å². The fourth-order valence-corrected chi connectivity index (χ4v) is 4.47. The van der Waals surface area contributed by atoms with Gasteiger partial charge in [-0.25, -0.2) is 0 Å². The van der Waals surface area contributed by atoms with Crippen molar-refractivity contribution in [3.63, 3.8) is 0 Å². The number of nitro benzene ring substituents is 1. The fourth-order valence-electron chi connectivity index (χ4n) is 3.85. The van der Waals surface area contributed by atoms with Crippen molar-refractivity contribution in [1.82, 2.24) is 4.90 Å². The van der Waals surface area contributed by atoms with Crippen molar-refractivity contribution >= 4 is 33.2 Å². The number of ether oxygens (including phenoxy) is 1. The van der Waals surface area contributed by atoms with Gasteiger partial charge in [0, 0.05) is 48.7 Å². The highest BCUT2D eigenvalue weighted by molar-refractivity contribution is 9.10. The number of nitro groups is 1. The Balaban J connectivity index is 1.60. The first kappa shape index (κ1) is 19.1. The number of amides is 1. The maximum Gasteiger partial charge on any atom is 0.270 e. The Kier molecular flexibility index (Phi) is 5.82. The van der Waals surface area contributed by atoms with E-state index < -0.39 is 4.92 Å². The second kappa shape index (κ2) is 7.92. The van der Waals surface area contributed by atoms with Crippen LogP contribution in [0, 0.1) is 16.0 Å². The summed E-state index contributed by atoms with van der Waals surface area (Å²) in [6.07, 6.45) is 1.75. The van der Waals surface area contributed by atoms with Gasteiger partial charge in [-0.2, -0.15) is 0 Å². The molecule has 142 valence electrons. The van der Waals surface area contributed by atoms with Crippen LogP contribution in [-0.2, 0) is 9.53 Å². The highest BCUT2D eigenvalue weighted by atomic mass is 79.9. The summed E-state index contributed by atoms with van der Waals surface area (Å²) in [6.45, 7) is 6.87. The molecule has 0 N–H and O–H groups in total. The molecule has 2 unspecified atom stereocenters. The summed E-state index contributed by atoms with van der Waals surface area (Å²) in [5.74, 6) is 0.273. The molecular weight excluding hydrogens is 402 g/mol. The van der Waals surface area contributed by atoms with E-state index in [0.717, 1.165) is 31.6 Å². The largest absolute Gasteiger partial charge is 0.372 e. The first-order valence-electron chi connectivity index (χ1n) is 8.98. The molecule has 2 heterocycles. The van der Waals surface area contributed by atoms with E-state index >= 15 is 0 Å². The topological polar surface area (TPSA) is 75.9 Å². The number of hydrogen-bond donors (Lipinski definition) is 0. The van der Waals surface area contributed by atoms with E-state index in [4.69, 9.17) is 4.74 Å². The quantitative estimate of drug-likeness (QED) is 0.548. The molecular formula is C18H24BrN3O4.